The first-order valence-electron chi connectivity index (χ1n) is 11.2. The molecule has 36 heavy (non-hydrogen) atoms. The number of carbonyl (C=O) groups excluding carboxylic acids is 3. The van der Waals surface area contributed by atoms with Crippen molar-refractivity contribution in [2.45, 2.75) is 20.4 Å². The van der Waals surface area contributed by atoms with Crippen molar-refractivity contribution in [2.75, 3.05) is 19.0 Å². The van der Waals surface area contributed by atoms with Gasteiger partial charge in [-0.2, -0.15) is 5.10 Å². The molecule has 0 aliphatic heterocycles. The maximum atomic E-state index is 12.2. The summed E-state index contributed by atoms with van der Waals surface area (Å²) in [6.07, 6.45) is 1.36. The van der Waals surface area contributed by atoms with Gasteiger partial charge in [0.2, 0.25) is 0 Å². The highest BCUT2D eigenvalue weighted by molar-refractivity contribution is 6.35. The van der Waals surface area contributed by atoms with E-state index in [9.17, 15) is 14.4 Å². The van der Waals surface area contributed by atoms with Gasteiger partial charge in [-0.05, 0) is 55.3 Å². The number of rotatable bonds is 9. The van der Waals surface area contributed by atoms with Gasteiger partial charge in [-0.25, -0.2) is 5.43 Å². The Labute approximate surface area is 209 Å². The molecule has 3 rings (SSSR count). The average Bonchev–Trinajstić information content (AvgIpc) is 2.88. The normalized spacial score (nSPS) is 10.5. The maximum Gasteiger partial charge on any atom is 0.329 e. The lowest BCUT2D eigenvalue weighted by atomic mass is 10.1. The molecule has 0 spiro atoms. The number of nitrogens with zero attached hydrogens (tertiary/aromatic N) is 1. The minimum Gasteiger partial charge on any atom is -0.493 e. The third kappa shape index (κ3) is 7.98. The van der Waals surface area contributed by atoms with E-state index in [0.29, 0.717) is 22.7 Å². The Hall–Kier alpha value is -4.66. The molecule has 0 aliphatic rings. The fourth-order valence-electron chi connectivity index (χ4n) is 3.05. The zero-order valence-corrected chi connectivity index (χ0v) is 20.3. The highest BCUT2D eigenvalue weighted by Crippen LogP contribution is 2.27. The molecule has 3 aromatic carbocycles. The quantitative estimate of drug-likeness (QED) is 0.243. The molecule has 3 aromatic rings. The van der Waals surface area contributed by atoms with Gasteiger partial charge in [0.1, 0.15) is 0 Å². The van der Waals surface area contributed by atoms with Crippen molar-refractivity contribution in [2.24, 2.45) is 5.10 Å². The van der Waals surface area contributed by atoms with Crippen molar-refractivity contribution in [3.05, 3.63) is 89.0 Å². The Morgan fingerprint density at radius 1 is 0.861 bits per heavy atom. The van der Waals surface area contributed by atoms with Crippen LogP contribution in [0.15, 0.2) is 71.8 Å². The van der Waals surface area contributed by atoms with Crippen LogP contribution in [0.25, 0.3) is 0 Å². The fraction of sp³-hybridized carbons (Fsp3) is 0.185. The summed E-state index contributed by atoms with van der Waals surface area (Å²) in [5, 5.41) is 9.11. The van der Waals surface area contributed by atoms with E-state index in [1.54, 1.807) is 18.2 Å². The van der Waals surface area contributed by atoms with Crippen LogP contribution in [0.4, 0.5) is 5.69 Å². The number of anilines is 1. The molecule has 9 heteroatoms. The monoisotopic (exact) mass is 488 g/mol. The number of aryl methyl sites for hydroxylation is 2. The summed E-state index contributed by atoms with van der Waals surface area (Å²) >= 11 is 0. The molecule has 0 heterocycles. The van der Waals surface area contributed by atoms with E-state index in [0.717, 1.165) is 16.7 Å². The average molecular weight is 489 g/mol. The van der Waals surface area contributed by atoms with Crippen LogP contribution in [0.3, 0.4) is 0 Å². The van der Waals surface area contributed by atoms with Gasteiger partial charge in [0.25, 0.3) is 5.91 Å². The van der Waals surface area contributed by atoms with Crippen molar-refractivity contribution in [3.63, 3.8) is 0 Å². The van der Waals surface area contributed by atoms with Gasteiger partial charge in [-0.15, -0.1) is 0 Å². The minimum atomic E-state index is -0.884. The molecule has 0 aromatic heterocycles. The molecular formula is C27H28N4O5. The van der Waals surface area contributed by atoms with Gasteiger partial charge in [-0.3, -0.25) is 14.4 Å². The summed E-state index contributed by atoms with van der Waals surface area (Å²) in [5.41, 5.74) is 6.54. The number of benzene rings is 3. The Balaban J connectivity index is 1.48. The number of hydrogen-bond acceptors (Lipinski definition) is 6. The largest absolute Gasteiger partial charge is 0.493 e. The standard InChI is InChI=1S/C27H28N4O5/c1-18-4-8-20(9-5-18)15-28-26(33)27(34)31-29-16-21-10-13-23(24(14-21)35-3)36-17-25(32)30-22-11-6-19(2)7-12-22/h4-14,16H,15,17H2,1-3H3,(H,28,33)(H,30,32)(H,31,34)/b29-16-. The Bertz CT molecular complexity index is 1240. The first-order chi connectivity index (χ1) is 17.3. The zero-order chi connectivity index (χ0) is 25.9. The van der Waals surface area contributed by atoms with Crippen LogP contribution >= 0.6 is 0 Å². The summed E-state index contributed by atoms with van der Waals surface area (Å²) in [6, 6.07) is 20.0. The number of methoxy groups -OCH3 is 1. The third-order valence-corrected chi connectivity index (χ3v) is 5.04. The first kappa shape index (κ1) is 26.0. The third-order valence-electron chi connectivity index (χ3n) is 5.04. The van der Waals surface area contributed by atoms with Gasteiger partial charge in [0.05, 0.1) is 13.3 Å². The first-order valence-corrected chi connectivity index (χ1v) is 11.2. The number of amides is 3. The van der Waals surface area contributed by atoms with Crippen molar-refractivity contribution in [1.29, 1.82) is 0 Å². The van der Waals surface area contributed by atoms with Crippen LogP contribution in [-0.2, 0) is 20.9 Å². The van der Waals surface area contributed by atoms with Gasteiger partial charge < -0.3 is 20.1 Å². The van der Waals surface area contributed by atoms with Crippen LogP contribution in [-0.4, -0.2) is 37.7 Å². The number of nitrogens with one attached hydrogen (secondary N) is 3. The lowest BCUT2D eigenvalue weighted by molar-refractivity contribution is -0.139. The Morgan fingerprint density at radius 2 is 1.53 bits per heavy atom. The number of hydrazone groups is 1. The summed E-state index contributed by atoms with van der Waals surface area (Å²) < 4.78 is 10.9. The van der Waals surface area contributed by atoms with E-state index in [4.69, 9.17) is 9.47 Å². The molecule has 0 fully saturated rings. The Kier molecular flexibility index (Phi) is 9.16. The van der Waals surface area contributed by atoms with Gasteiger partial charge >= 0.3 is 11.8 Å². The molecular weight excluding hydrogens is 460 g/mol. The maximum absolute atomic E-state index is 12.2. The smallest absolute Gasteiger partial charge is 0.329 e. The molecule has 0 saturated heterocycles. The molecule has 0 bridgehead atoms. The molecule has 3 N–H and O–H groups in total. The fourth-order valence-corrected chi connectivity index (χ4v) is 3.05. The molecule has 0 radical (unpaired) electrons. The number of ether oxygens (including phenoxy) is 2. The highest BCUT2D eigenvalue weighted by atomic mass is 16.5. The second-order valence-corrected chi connectivity index (χ2v) is 7.98. The molecule has 3 amide bonds. The van der Waals surface area contributed by atoms with Crippen LogP contribution < -0.4 is 25.5 Å². The van der Waals surface area contributed by atoms with E-state index in [-0.39, 0.29) is 19.1 Å². The molecule has 0 saturated carbocycles. The van der Waals surface area contributed by atoms with Gasteiger partial charge in [0.15, 0.2) is 18.1 Å². The summed E-state index contributed by atoms with van der Waals surface area (Å²) in [7, 11) is 1.47. The van der Waals surface area contributed by atoms with E-state index in [1.165, 1.54) is 13.3 Å². The van der Waals surface area contributed by atoms with Crippen molar-refractivity contribution >= 4 is 29.6 Å². The molecule has 186 valence electrons. The van der Waals surface area contributed by atoms with Gasteiger partial charge in [0, 0.05) is 12.2 Å². The van der Waals surface area contributed by atoms with Crippen LogP contribution in [0, 0.1) is 13.8 Å². The molecule has 0 aliphatic carbocycles. The lowest BCUT2D eigenvalue weighted by Gasteiger charge is -2.11. The van der Waals surface area contributed by atoms with Gasteiger partial charge in [-0.1, -0.05) is 47.5 Å². The molecule has 9 nitrogen and oxygen atoms in total. The minimum absolute atomic E-state index is 0.203. The van der Waals surface area contributed by atoms with E-state index >= 15 is 0 Å². The highest BCUT2D eigenvalue weighted by Gasteiger charge is 2.12. The second kappa shape index (κ2) is 12.7. The van der Waals surface area contributed by atoms with E-state index in [1.807, 2.05) is 62.4 Å². The van der Waals surface area contributed by atoms with Crippen molar-refractivity contribution < 1.29 is 23.9 Å². The number of hydrogen-bond donors (Lipinski definition) is 3. The van der Waals surface area contributed by atoms with Crippen LogP contribution in [0.5, 0.6) is 11.5 Å². The summed E-state index contributed by atoms with van der Waals surface area (Å²) in [6.45, 7) is 3.97. The van der Waals surface area contributed by atoms with E-state index < -0.39 is 11.8 Å². The topological polar surface area (TPSA) is 118 Å². The SMILES string of the molecule is COc1cc(/C=N\NC(=O)C(=O)NCc2ccc(C)cc2)ccc1OCC(=O)Nc1ccc(C)cc1. The molecule has 0 unspecified atom stereocenters. The predicted octanol–water partition coefficient (Wildman–Crippen LogP) is 3.10. The van der Waals surface area contributed by atoms with Crippen molar-refractivity contribution in [1.82, 2.24) is 10.7 Å². The summed E-state index contributed by atoms with van der Waals surface area (Å²) in [5.74, 6) is -1.24. The number of carbonyl (C=O) groups is 3. The van der Waals surface area contributed by atoms with Crippen LogP contribution in [0.2, 0.25) is 0 Å². The van der Waals surface area contributed by atoms with Crippen molar-refractivity contribution in [3.8, 4) is 11.5 Å². The molecule has 0 atom stereocenters. The zero-order valence-electron chi connectivity index (χ0n) is 20.3. The summed E-state index contributed by atoms with van der Waals surface area (Å²) in [4.78, 5) is 36.1. The second-order valence-electron chi connectivity index (χ2n) is 7.98. The van der Waals surface area contributed by atoms with Crippen LogP contribution in [0.1, 0.15) is 22.3 Å². The predicted molar refractivity (Wildman–Crippen MR) is 137 cm³/mol. The van der Waals surface area contributed by atoms with E-state index in [2.05, 4.69) is 21.2 Å². The Morgan fingerprint density at radius 3 is 2.19 bits per heavy atom. The lowest BCUT2D eigenvalue weighted by Crippen LogP contribution is -2.37.